The summed E-state index contributed by atoms with van der Waals surface area (Å²) in [6.45, 7) is 1.40. The molecule has 0 saturated heterocycles. The normalized spacial score (nSPS) is 26.2. The van der Waals surface area contributed by atoms with Crippen molar-refractivity contribution < 1.29 is 4.79 Å². The number of carbonyl (C=O) groups is 1. The molecule has 0 saturated carbocycles. The van der Waals surface area contributed by atoms with E-state index in [9.17, 15) is 4.79 Å². The Bertz CT molecular complexity index is 271. The predicted molar refractivity (Wildman–Crippen MR) is 44.3 cm³/mol. The molecule has 2 rings (SSSR count). The molecule has 64 valence electrons. The van der Waals surface area contributed by atoms with Crippen LogP contribution in [0.5, 0.6) is 0 Å². The van der Waals surface area contributed by atoms with E-state index in [4.69, 9.17) is 5.73 Å². The lowest BCUT2D eigenvalue weighted by molar-refractivity contribution is -0.119. The molecule has 5 nitrogen and oxygen atoms in total. The zero-order valence-electron chi connectivity index (χ0n) is 6.53. The van der Waals surface area contributed by atoms with Crippen LogP contribution in [0, 0.1) is 0 Å². The van der Waals surface area contributed by atoms with Gasteiger partial charge >= 0.3 is 0 Å². The molecule has 1 unspecified atom stereocenters. The highest BCUT2D eigenvalue weighted by Gasteiger charge is 2.28. The van der Waals surface area contributed by atoms with Gasteiger partial charge in [-0.2, -0.15) is 0 Å². The van der Waals surface area contributed by atoms with E-state index in [1.54, 1.807) is 0 Å². The van der Waals surface area contributed by atoms with Crippen LogP contribution >= 0.6 is 0 Å². The van der Waals surface area contributed by atoms with Crippen LogP contribution in [0.15, 0.2) is 17.3 Å². The average molecular weight is 166 g/mol. The van der Waals surface area contributed by atoms with Crippen molar-refractivity contribution in [2.75, 3.05) is 13.1 Å². The minimum absolute atomic E-state index is 0.362. The zero-order valence-corrected chi connectivity index (χ0v) is 6.53. The van der Waals surface area contributed by atoms with Crippen LogP contribution in [0.2, 0.25) is 0 Å². The first-order chi connectivity index (χ1) is 5.77. The summed E-state index contributed by atoms with van der Waals surface area (Å²) in [5.41, 5.74) is 5.13. The second-order valence-electron chi connectivity index (χ2n) is 2.82. The summed E-state index contributed by atoms with van der Waals surface area (Å²) >= 11 is 0. The standard InChI is InChI=1S/C7H10N4O/c8-6(12)5-4-11-3-1-2-9-7(11)10-5/h1-2,5H,3-4H2,(H2,8,12)(H,9,10). The SMILES string of the molecule is NC(=O)C1CN2CC=CNC2=N1. The van der Waals surface area contributed by atoms with Crippen LogP contribution in [-0.4, -0.2) is 35.9 Å². The summed E-state index contributed by atoms with van der Waals surface area (Å²) in [7, 11) is 0. The summed E-state index contributed by atoms with van der Waals surface area (Å²) in [6, 6.07) is -0.382. The molecule has 1 amide bonds. The maximum absolute atomic E-state index is 10.8. The van der Waals surface area contributed by atoms with Gasteiger partial charge in [-0.05, 0) is 6.08 Å². The first kappa shape index (κ1) is 7.15. The number of nitrogens with two attached hydrogens (primary N) is 1. The van der Waals surface area contributed by atoms with Gasteiger partial charge < -0.3 is 16.0 Å². The van der Waals surface area contributed by atoms with Crippen LogP contribution in [0.25, 0.3) is 0 Å². The quantitative estimate of drug-likeness (QED) is 0.505. The number of rotatable bonds is 1. The van der Waals surface area contributed by atoms with E-state index < -0.39 is 0 Å². The summed E-state index contributed by atoms with van der Waals surface area (Å²) < 4.78 is 0. The molecule has 0 aliphatic carbocycles. The van der Waals surface area contributed by atoms with Crippen molar-refractivity contribution in [3.63, 3.8) is 0 Å². The molecule has 2 heterocycles. The Kier molecular flexibility index (Phi) is 1.49. The van der Waals surface area contributed by atoms with Crippen LogP contribution in [0.1, 0.15) is 0 Å². The molecule has 1 atom stereocenters. The van der Waals surface area contributed by atoms with E-state index in [1.165, 1.54) is 0 Å². The Morgan fingerprint density at radius 2 is 2.67 bits per heavy atom. The number of aliphatic imine (C=N–C) groups is 1. The number of nitrogens with one attached hydrogen (secondary N) is 1. The Balaban J connectivity index is 2.14. The fourth-order valence-electron chi connectivity index (χ4n) is 1.32. The van der Waals surface area contributed by atoms with Crippen molar-refractivity contribution >= 4 is 11.9 Å². The smallest absolute Gasteiger partial charge is 0.244 e. The van der Waals surface area contributed by atoms with Gasteiger partial charge in [-0.15, -0.1) is 0 Å². The van der Waals surface area contributed by atoms with Gasteiger partial charge in [0.2, 0.25) is 5.91 Å². The zero-order chi connectivity index (χ0) is 8.55. The van der Waals surface area contributed by atoms with Crippen molar-refractivity contribution in [3.8, 4) is 0 Å². The molecule has 5 heteroatoms. The fourth-order valence-corrected chi connectivity index (χ4v) is 1.32. The first-order valence-electron chi connectivity index (χ1n) is 3.81. The number of hydrogen-bond acceptors (Lipinski definition) is 4. The highest BCUT2D eigenvalue weighted by atomic mass is 16.1. The molecule has 3 N–H and O–H groups in total. The average Bonchev–Trinajstić information content (AvgIpc) is 2.46. The molecule has 2 aliphatic heterocycles. The van der Waals surface area contributed by atoms with Crippen molar-refractivity contribution in [2.24, 2.45) is 10.7 Å². The van der Waals surface area contributed by atoms with Gasteiger partial charge in [0.15, 0.2) is 5.96 Å². The number of carbonyl (C=O) groups excluding carboxylic acids is 1. The number of guanidine groups is 1. The molecule has 0 aromatic carbocycles. The van der Waals surface area contributed by atoms with E-state index in [0.29, 0.717) is 6.54 Å². The van der Waals surface area contributed by atoms with Crippen LogP contribution in [0.3, 0.4) is 0 Å². The van der Waals surface area contributed by atoms with Crippen molar-refractivity contribution in [3.05, 3.63) is 12.3 Å². The van der Waals surface area contributed by atoms with Gasteiger partial charge in [0.1, 0.15) is 6.04 Å². The van der Waals surface area contributed by atoms with Crippen LogP contribution < -0.4 is 11.1 Å². The summed E-state index contributed by atoms with van der Waals surface area (Å²) in [5, 5.41) is 2.95. The molecule has 2 aliphatic rings. The monoisotopic (exact) mass is 166 g/mol. The van der Waals surface area contributed by atoms with E-state index in [0.717, 1.165) is 12.5 Å². The fraction of sp³-hybridized carbons (Fsp3) is 0.429. The maximum Gasteiger partial charge on any atom is 0.244 e. The Labute approximate surface area is 69.9 Å². The van der Waals surface area contributed by atoms with Gasteiger partial charge in [-0.25, -0.2) is 4.99 Å². The highest BCUT2D eigenvalue weighted by molar-refractivity contribution is 5.90. The van der Waals surface area contributed by atoms with E-state index in [2.05, 4.69) is 10.3 Å². The minimum Gasteiger partial charge on any atom is -0.368 e. The molecule has 0 fully saturated rings. The third-order valence-electron chi connectivity index (χ3n) is 1.96. The summed E-state index contributed by atoms with van der Waals surface area (Å²) in [4.78, 5) is 16.9. The Hall–Kier alpha value is -1.52. The lowest BCUT2D eigenvalue weighted by atomic mass is 10.3. The van der Waals surface area contributed by atoms with Gasteiger partial charge in [0.25, 0.3) is 0 Å². The number of primary amides is 1. The maximum atomic E-state index is 10.8. The molecule has 12 heavy (non-hydrogen) atoms. The lowest BCUT2D eigenvalue weighted by Crippen LogP contribution is -2.40. The number of hydrogen-bond donors (Lipinski definition) is 2. The lowest BCUT2D eigenvalue weighted by Gasteiger charge is -2.21. The highest BCUT2D eigenvalue weighted by Crippen LogP contribution is 2.09. The third-order valence-corrected chi connectivity index (χ3v) is 1.96. The minimum atomic E-state index is -0.382. The topological polar surface area (TPSA) is 70.7 Å². The first-order valence-corrected chi connectivity index (χ1v) is 3.81. The van der Waals surface area contributed by atoms with Crippen molar-refractivity contribution in [1.29, 1.82) is 0 Å². The third kappa shape index (κ3) is 1.03. The number of amides is 1. The van der Waals surface area contributed by atoms with Gasteiger partial charge in [0, 0.05) is 12.7 Å². The second kappa shape index (κ2) is 2.51. The molecule has 0 radical (unpaired) electrons. The van der Waals surface area contributed by atoms with Gasteiger partial charge in [-0.3, -0.25) is 4.79 Å². The van der Waals surface area contributed by atoms with Gasteiger partial charge in [0.05, 0.1) is 6.54 Å². The van der Waals surface area contributed by atoms with Crippen molar-refractivity contribution in [1.82, 2.24) is 10.2 Å². The second-order valence-corrected chi connectivity index (χ2v) is 2.82. The van der Waals surface area contributed by atoms with E-state index in [-0.39, 0.29) is 11.9 Å². The number of nitrogens with zero attached hydrogens (tertiary/aromatic N) is 2. The van der Waals surface area contributed by atoms with Crippen molar-refractivity contribution in [2.45, 2.75) is 6.04 Å². The number of fused-ring (bicyclic) bond motifs is 1. The van der Waals surface area contributed by atoms with Crippen LogP contribution in [0.4, 0.5) is 0 Å². The largest absolute Gasteiger partial charge is 0.368 e. The summed E-state index contributed by atoms with van der Waals surface area (Å²) in [5.74, 6) is 0.389. The molecule has 0 aromatic heterocycles. The van der Waals surface area contributed by atoms with E-state index in [1.807, 2.05) is 17.2 Å². The molecular weight excluding hydrogens is 156 g/mol. The van der Waals surface area contributed by atoms with Crippen LogP contribution in [-0.2, 0) is 4.79 Å². The van der Waals surface area contributed by atoms with E-state index >= 15 is 0 Å². The molecular formula is C7H10N4O. The molecule has 0 bridgehead atoms. The Morgan fingerprint density at radius 1 is 1.83 bits per heavy atom. The summed E-state index contributed by atoms with van der Waals surface area (Å²) in [6.07, 6.45) is 3.79. The van der Waals surface area contributed by atoms with Gasteiger partial charge in [-0.1, -0.05) is 0 Å². The molecule has 0 aromatic rings. The Morgan fingerprint density at radius 3 is 3.33 bits per heavy atom. The predicted octanol–water partition coefficient (Wildman–Crippen LogP) is -1.37. The molecule has 0 spiro atoms.